The summed E-state index contributed by atoms with van der Waals surface area (Å²) in [5.74, 6) is -0.000515. The Kier molecular flexibility index (Phi) is 6.45. The minimum Gasteiger partial charge on any atom is -0.360 e. The lowest BCUT2D eigenvalue weighted by molar-refractivity contribution is -0.122. The van der Waals surface area contributed by atoms with Crippen LogP contribution in [0.2, 0.25) is 0 Å². The van der Waals surface area contributed by atoms with Gasteiger partial charge in [-0.25, -0.2) is 0 Å². The van der Waals surface area contributed by atoms with Gasteiger partial charge < -0.3 is 15.2 Å². The van der Waals surface area contributed by atoms with Gasteiger partial charge in [0.25, 0.3) is 5.91 Å². The first-order valence-electron chi connectivity index (χ1n) is 9.78. The van der Waals surface area contributed by atoms with Crippen molar-refractivity contribution >= 4 is 22.8 Å². The summed E-state index contributed by atoms with van der Waals surface area (Å²) in [6.45, 7) is 4.61. The minimum absolute atomic E-state index is 0.0124. The molecule has 1 aliphatic heterocycles. The van der Waals surface area contributed by atoms with E-state index in [0.717, 1.165) is 49.8 Å². The number of hydrogen-bond acceptors (Lipinski definition) is 4. The van der Waals surface area contributed by atoms with Crippen molar-refractivity contribution in [3.05, 3.63) is 30.1 Å². The number of nitrogens with one attached hydrogen (secondary N) is 2. The van der Waals surface area contributed by atoms with Crippen molar-refractivity contribution in [1.29, 1.82) is 0 Å². The van der Waals surface area contributed by atoms with Crippen molar-refractivity contribution in [3.63, 3.8) is 0 Å². The molecule has 1 unspecified atom stereocenters. The Morgan fingerprint density at radius 1 is 1.41 bits per heavy atom. The Hall–Kier alpha value is -2.41. The van der Waals surface area contributed by atoms with Crippen LogP contribution in [0.25, 0.3) is 11.0 Å². The molecule has 1 saturated heterocycles. The van der Waals surface area contributed by atoms with Gasteiger partial charge in [0.1, 0.15) is 0 Å². The van der Waals surface area contributed by atoms with Crippen LogP contribution >= 0.6 is 0 Å². The van der Waals surface area contributed by atoms with E-state index in [0.29, 0.717) is 18.7 Å². The van der Waals surface area contributed by atoms with Gasteiger partial charge in [-0.2, -0.15) is 0 Å². The number of likely N-dealkylation sites (N-methyl/N-ethyl adjacent to an activating group) is 1. The molecule has 0 saturated carbocycles. The number of pyridine rings is 1. The van der Waals surface area contributed by atoms with Gasteiger partial charge in [0.05, 0.1) is 23.1 Å². The molecule has 0 aromatic carbocycles. The maximum Gasteiger partial charge on any atom is 0.255 e. The maximum absolute atomic E-state index is 13.0. The third kappa shape index (κ3) is 4.86. The van der Waals surface area contributed by atoms with Crippen LogP contribution in [0.4, 0.5) is 0 Å². The van der Waals surface area contributed by atoms with E-state index in [1.165, 1.54) is 0 Å². The Labute approximate surface area is 160 Å². The second-order valence-corrected chi connectivity index (χ2v) is 7.32. The van der Waals surface area contributed by atoms with Gasteiger partial charge in [-0.3, -0.25) is 19.5 Å². The topological polar surface area (TPSA) is 81.3 Å². The molecule has 7 heteroatoms. The molecule has 0 spiro atoms. The van der Waals surface area contributed by atoms with Crippen LogP contribution in [0.15, 0.2) is 24.5 Å². The average molecular weight is 371 g/mol. The number of H-pyrrole nitrogens is 1. The molecule has 27 heavy (non-hydrogen) atoms. The summed E-state index contributed by atoms with van der Waals surface area (Å²) >= 11 is 0. The summed E-state index contributed by atoms with van der Waals surface area (Å²) in [7, 11) is 1.95. The van der Waals surface area contributed by atoms with Gasteiger partial charge >= 0.3 is 0 Å². The summed E-state index contributed by atoms with van der Waals surface area (Å²) in [4.78, 5) is 36.6. The van der Waals surface area contributed by atoms with E-state index in [4.69, 9.17) is 0 Å². The van der Waals surface area contributed by atoms with E-state index in [-0.39, 0.29) is 17.9 Å². The highest BCUT2D eigenvalue weighted by Crippen LogP contribution is 2.20. The molecule has 7 nitrogen and oxygen atoms in total. The molecule has 146 valence electrons. The van der Waals surface area contributed by atoms with E-state index in [2.05, 4.69) is 22.2 Å². The smallest absolute Gasteiger partial charge is 0.255 e. The Morgan fingerprint density at radius 2 is 2.26 bits per heavy atom. The number of aromatic nitrogens is 2. The number of amides is 2. The molecule has 3 rings (SSSR count). The molecule has 2 aromatic rings. The number of fused-ring (bicyclic) bond motifs is 1. The van der Waals surface area contributed by atoms with Crippen molar-refractivity contribution in [2.75, 3.05) is 33.2 Å². The van der Waals surface area contributed by atoms with Gasteiger partial charge in [-0.15, -0.1) is 0 Å². The molecule has 0 bridgehead atoms. The average Bonchev–Trinajstić information content (AvgIpc) is 3.14. The van der Waals surface area contributed by atoms with Gasteiger partial charge in [0.15, 0.2) is 0 Å². The van der Waals surface area contributed by atoms with E-state index in [1.807, 2.05) is 35.2 Å². The second-order valence-electron chi connectivity index (χ2n) is 7.32. The first kappa shape index (κ1) is 19.4. The summed E-state index contributed by atoms with van der Waals surface area (Å²) in [5, 5.41) is 3.01. The normalized spacial score (nSPS) is 17.4. The molecule has 2 N–H and O–H groups in total. The predicted molar refractivity (Wildman–Crippen MR) is 106 cm³/mol. The highest BCUT2D eigenvalue weighted by atomic mass is 16.2. The third-order valence-corrected chi connectivity index (χ3v) is 5.09. The molecular weight excluding hydrogens is 342 g/mol. The van der Waals surface area contributed by atoms with Crippen LogP contribution < -0.4 is 5.32 Å². The van der Waals surface area contributed by atoms with Crippen molar-refractivity contribution in [1.82, 2.24) is 25.1 Å². The number of carbonyl (C=O) groups is 2. The summed E-state index contributed by atoms with van der Waals surface area (Å²) in [6, 6.07) is 3.78. The molecule has 0 radical (unpaired) electrons. The Morgan fingerprint density at radius 3 is 3.07 bits per heavy atom. The van der Waals surface area contributed by atoms with Crippen molar-refractivity contribution in [2.45, 2.75) is 38.6 Å². The van der Waals surface area contributed by atoms with Crippen molar-refractivity contribution in [3.8, 4) is 0 Å². The summed E-state index contributed by atoms with van der Waals surface area (Å²) < 4.78 is 0. The molecule has 1 aliphatic rings. The monoisotopic (exact) mass is 371 g/mol. The highest BCUT2D eigenvalue weighted by molar-refractivity contribution is 5.97. The summed E-state index contributed by atoms with van der Waals surface area (Å²) in [5.41, 5.74) is 2.30. The van der Waals surface area contributed by atoms with Gasteiger partial charge in [-0.05, 0) is 51.4 Å². The van der Waals surface area contributed by atoms with Crippen LogP contribution in [0.1, 0.15) is 43.0 Å². The van der Waals surface area contributed by atoms with Crippen LogP contribution in [-0.2, 0) is 4.79 Å². The minimum atomic E-state index is -0.0129. The van der Waals surface area contributed by atoms with E-state index in [9.17, 15) is 9.59 Å². The summed E-state index contributed by atoms with van der Waals surface area (Å²) in [6.07, 6.45) is 7.47. The lowest BCUT2D eigenvalue weighted by Crippen LogP contribution is -2.50. The number of nitrogens with zero attached hydrogens (tertiary/aromatic N) is 3. The van der Waals surface area contributed by atoms with E-state index in [1.54, 1.807) is 6.20 Å². The second kappa shape index (κ2) is 8.99. The molecule has 2 amide bonds. The van der Waals surface area contributed by atoms with Gasteiger partial charge in [0.2, 0.25) is 5.91 Å². The van der Waals surface area contributed by atoms with E-state index < -0.39 is 0 Å². The molecule has 1 fully saturated rings. The van der Waals surface area contributed by atoms with Crippen LogP contribution in [0.3, 0.4) is 0 Å². The molecule has 3 heterocycles. The fourth-order valence-electron chi connectivity index (χ4n) is 3.69. The zero-order chi connectivity index (χ0) is 19.2. The zero-order valence-corrected chi connectivity index (χ0v) is 16.2. The quantitative estimate of drug-likeness (QED) is 0.780. The number of hydrogen-bond donors (Lipinski definition) is 2. The Balaban J connectivity index is 1.62. The number of piperidine rings is 1. The highest BCUT2D eigenvalue weighted by Gasteiger charge is 2.28. The molecule has 2 aromatic heterocycles. The molecule has 0 aliphatic carbocycles. The molecule has 1 atom stereocenters. The van der Waals surface area contributed by atoms with Crippen molar-refractivity contribution in [2.24, 2.45) is 0 Å². The zero-order valence-electron chi connectivity index (χ0n) is 16.2. The number of rotatable bonds is 7. The predicted octanol–water partition coefficient (Wildman–Crippen LogP) is 2.02. The largest absolute Gasteiger partial charge is 0.360 e. The number of carbonyl (C=O) groups excluding carboxylic acids is 2. The fourth-order valence-corrected chi connectivity index (χ4v) is 3.69. The van der Waals surface area contributed by atoms with Crippen LogP contribution in [0, 0.1) is 0 Å². The lowest BCUT2D eigenvalue weighted by Gasteiger charge is -2.36. The van der Waals surface area contributed by atoms with Crippen LogP contribution in [-0.4, -0.2) is 70.9 Å². The Bertz CT molecular complexity index is 788. The van der Waals surface area contributed by atoms with Crippen molar-refractivity contribution < 1.29 is 9.59 Å². The molecular formula is C20H29N5O2. The van der Waals surface area contributed by atoms with Gasteiger partial charge in [-0.1, -0.05) is 6.92 Å². The lowest BCUT2D eigenvalue weighted by atomic mass is 10.0. The standard InChI is InChI=1S/C20H29N5O2/c1-3-9-24(2)14-19(26)23-13-16-6-4-5-10-25(16)20(27)15-11-18-17(22-12-15)7-8-21-18/h7-8,11-12,16,21H,3-6,9-10,13-14H2,1-2H3,(H,23,26). The fraction of sp³-hybridized carbons (Fsp3) is 0.550. The van der Waals surface area contributed by atoms with Gasteiger partial charge in [0, 0.05) is 31.5 Å². The number of likely N-dealkylation sites (tertiary alicyclic amines) is 1. The first-order valence-corrected chi connectivity index (χ1v) is 9.78. The third-order valence-electron chi connectivity index (χ3n) is 5.09. The van der Waals surface area contributed by atoms with Crippen LogP contribution in [0.5, 0.6) is 0 Å². The maximum atomic E-state index is 13.0. The number of aromatic amines is 1. The van der Waals surface area contributed by atoms with E-state index >= 15 is 0 Å². The SMILES string of the molecule is CCCN(C)CC(=O)NCC1CCCCN1C(=O)c1cnc2cc[nH]c2c1. The first-order chi connectivity index (χ1) is 13.1.